The summed E-state index contributed by atoms with van der Waals surface area (Å²) in [5.41, 5.74) is 2.35. The molecule has 0 saturated carbocycles. The molecule has 1 aromatic heterocycles. The third kappa shape index (κ3) is 3.21. The molecular formula is C18H18ClN3S2. The van der Waals surface area contributed by atoms with Gasteiger partial charge in [0.1, 0.15) is 0 Å². The normalized spacial score (nSPS) is 15.2. The number of nitrogens with zero attached hydrogens (tertiary/aromatic N) is 3. The van der Waals surface area contributed by atoms with Crippen LogP contribution in [-0.2, 0) is 0 Å². The quantitative estimate of drug-likeness (QED) is 0.600. The molecule has 1 aliphatic rings. The topological polar surface area (TPSA) is 19.4 Å². The summed E-state index contributed by atoms with van der Waals surface area (Å²) < 4.78 is 1.27. The summed E-state index contributed by atoms with van der Waals surface area (Å²) in [4.78, 5) is 10.9. The highest BCUT2D eigenvalue weighted by Crippen LogP contribution is 2.32. The van der Waals surface area contributed by atoms with E-state index < -0.39 is 0 Å². The molecule has 4 rings (SSSR count). The van der Waals surface area contributed by atoms with E-state index in [4.69, 9.17) is 16.6 Å². The van der Waals surface area contributed by atoms with Gasteiger partial charge in [-0.2, -0.15) is 0 Å². The van der Waals surface area contributed by atoms with E-state index in [0.717, 1.165) is 41.8 Å². The molecule has 6 heteroatoms. The van der Waals surface area contributed by atoms with Gasteiger partial charge in [0.2, 0.25) is 0 Å². The first kappa shape index (κ1) is 16.1. The number of halogens is 1. The number of aromatic nitrogens is 1. The van der Waals surface area contributed by atoms with E-state index in [2.05, 4.69) is 46.4 Å². The highest BCUT2D eigenvalue weighted by molar-refractivity contribution is 7.98. The van der Waals surface area contributed by atoms with Crippen LogP contribution in [0.15, 0.2) is 47.4 Å². The SMILES string of the molecule is CSc1ccc2nc(N3CCN(c4ccc(Cl)cc4)CC3)sc2c1. The van der Waals surface area contributed by atoms with Crippen molar-refractivity contribution in [2.24, 2.45) is 0 Å². The van der Waals surface area contributed by atoms with E-state index in [0.29, 0.717) is 0 Å². The lowest BCUT2D eigenvalue weighted by Crippen LogP contribution is -2.46. The van der Waals surface area contributed by atoms with Crippen molar-refractivity contribution < 1.29 is 0 Å². The molecule has 0 bridgehead atoms. The molecule has 0 atom stereocenters. The molecule has 1 saturated heterocycles. The molecule has 124 valence electrons. The van der Waals surface area contributed by atoms with Crippen molar-refractivity contribution >= 4 is 55.7 Å². The Kier molecular flexibility index (Phi) is 4.57. The second-order valence-corrected chi connectivity index (χ2v) is 8.11. The average molecular weight is 376 g/mol. The van der Waals surface area contributed by atoms with Gasteiger partial charge in [0, 0.05) is 41.8 Å². The molecule has 3 aromatic rings. The van der Waals surface area contributed by atoms with Crippen LogP contribution in [-0.4, -0.2) is 37.4 Å². The number of piperazine rings is 1. The minimum Gasteiger partial charge on any atom is -0.368 e. The molecule has 2 heterocycles. The second-order valence-electron chi connectivity index (χ2n) is 5.78. The summed E-state index contributed by atoms with van der Waals surface area (Å²) >= 11 is 9.55. The number of fused-ring (bicyclic) bond motifs is 1. The van der Waals surface area contributed by atoms with Crippen LogP contribution >= 0.6 is 34.7 Å². The summed E-state index contributed by atoms with van der Waals surface area (Å²) in [5.74, 6) is 0. The minimum atomic E-state index is 0.788. The third-order valence-electron chi connectivity index (χ3n) is 4.33. The number of anilines is 2. The van der Waals surface area contributed by atoms with Gasteiger partial charge in [-0.1, -0.05) is 22.9 Å². The summed E-state index contributed by atoms with van der Waals surface area (Å²) in [7, 11) is 0. The molecule has 0 spiro atoms. The van der Waals surface area contributed by atoms with Crippen LogP contribution in [0.4, 0.5) is 10.8 Å². The Balaban J connectivity index is 1.48. The van der Waals surface area contributed by atoms with Crippen LogP contribution in [0.25, 0.3) is 10.2 Å². The van der Waals surface area contributed by atoms with Crippen LogP contribution in [0.2, 0.25) is 5.02 Å². The van der Waals surface area contributed by atoms with Gasteiger partial charge in [0.15, 0.2) is 5.13 Å². The molecule has 0 amide bonds. The van der Waals surface area contributed by atoms with Crippen molar-refractivity contribution in [1.29, 1.82) is 0 Å². The average Bonchev–Trinajstić information content (AvgIpc) is 3.05. The van der Waals surface area contributed by atoms with E-state index in [1.54, 1.807) is 23.1 Å². The zero-order chi connectivity index (χ0) is 16.5. The Morgan fingerprint density at radius 2 is 1.71 bits per heavy atom. The lowest BCUT2D eigenvalue weighted by atomic mass is 10.2. The standard InChI is InChI=1S/C18H18ClN3S2/c1-23-15-6-7-16-17(12-15)24-18(20-16)22-10-8-21(9-11-22)14-4-2-13(19)3-5-14/h2-7,12H,8-11H2,1H3. The molecule has 0 N–H and O–H groups in total. The van der Waals surface area contributed by atoms with Gasteiger partial charge in [0.25, 0.3) is 0 Å². The van der Waals surface area contributed by atoms with Crippen molar-refractivity contribution in [2.45, 2.75) is 4.90 Å². The number of thiazole rings is 1. The molecule has 0 unspecified atom stereocenters. The molecule has 1 fully saturated rings. The van der Waals surface area contributed by atoms with Gasteiger partial charge in [-0.15, -0.1) is 11.8 Å². The van der Waals surface area contributed by atoms with E-state index in [1.807, 2.05) is 12.1 Å². The van der Waals surface area contributed by atoms with E-state index in [1.165, 1.54) is 15.3 Å². The summed E-state index contributed by atoms with van der Waals surface area (Å²) in [6.45, 7) is 4.01. The van der Waals surface area contributed by atoms with Gasteiger partial charge < -0.3 is 9.80 Å². The summed E-state index contributed by atoms with van der Waals surface area (Å²) in [5, 5.41) is 1.93. The molecule has 24 heavy (non-hydrogen) atoms. The zero-order valence-corrected chi connectivity index (χ0v) is 15.8. The predicted octanol–water partition coefficient (Wildman–Crippen LogP) is 5.00. The van der Waals surface area contributed by atoms with Gasteiger partial charge in [-0.25, -0.2) is 4.98 Å². The molecular weight excluding hydrogens is 358 g/mol. The third-order valence-corrected chi connectivity index (χ3v) is 6.38. The number of hydrogen-bond donors (Lipinski definition) is 0. The molecule has 2 aromatic carbocycles. The predicted molar refractivity (Wildman–Crippen MR) is 107 cm³/mol. The van der Waals surface area contributed by atoms with Gasteiger partial charge >= 0.3 is 0 Å². The fourth-order valence-corrected chi connectivity index (χ4v) is 4.66. The van der Waals surface area contributed by atoms with Crippen molar-refractivity contribution in [3.05, 3.63) is 47.5 Å². The van der Waals surface area contributed by atoms with Gasteiger partial charge in [-0.05, 0) is 48.7 Å². The molecule has 0 radical (unpaired) electrons. The van der Waals surface area contributed by atoms with E-state index in [-0.39, 0.29) is 0 Å². The van der Waals surface area contributed by atoms with Crippen LogP contribution in [0.3, 0.4) is 0 Å². The fourth-order valence-electron chi connectivity index (χ4n) is 2.96. The van der Waals surface area contributed by atoms with Crippen molar-refractivity contribution in [3.63, 3.8) is 0 Å². The molecule has 0 aliphatic carbocycles. The van der Waals surface area contributed by atoms with Crippen LogP contribution in [0, 0.1) is 0 Å². The zero-order valence-electron chi connectivity index (χ0n) is 13.4. The van der Waals surface area contributed by atoms with Crippen LogP contribution in [0.1, 0.15) is 0 Å². The lowest BCUT2D eigenvalue weighted by molar-refractivity contribution is 0.652. The minimum absolute atomic E-state index is 0.788. The summed E-state index contributed by atoms with van der Waals surface area (Å²) in [6, 6.07) is 14.6. The first-order chi connectivity index (χ1) is 11.7. The maximum absolute atomic E-state index is 5.98. The Morgan fingerprint density at radius 3 is 2.42 bits per heavy atom. The number of benzene rings is 2. The number of thioether (sulfide) groups is 1. The second kappa shape index (κ2) is 6.82. The Hall–Kier alpha value is -1.43. The van der Waals surface area contributed by atoms with Crippen molar-refractivity contribution in [2.75, 3.05) is 42.2 Å². The molecule has 3 nitrogen and oxygen atoms in total. The monoisotopic (exact) mass is 375 g/mol. The van der Waals surface area contributed by atoms with Crippen molar-refractivity contribution in [3.8, 4) is 0 Å². The van der Waals surface area contributed by atoms with Crippen LogP contribution < -0.4 is 9.80 Å². The smallest absolute Gasteiger partial charge is 0.186 e. The fraction of sp³-hybridized carbons (Fsp3) is 0.278. The van der Waals surface area contributed by atoms with Gasteiger partial charge in [-0.3, -0.25) is 0 Å². The highest BCUT2D eigenvalue weighted by Gasteiger charge is 2.20. The number of rotatable bonds is 3. The molecule has 1 aliphatic heterocycles. The maximum Gasteiger partial charge on any atom is 0.186 e. The van der Waals surface area contributed by atoms with E-state index >= 15 is 0 Å². The summed E-state index contributed by atoms with van der Waals surface area (Å²) in [6.07, 6.45) is 2.11. The largest absolute Gasteiger partial charge is 0.368 e. The number of hydrogen-bond acceptors (Lipinski definition) is 5. The lowest BCUT2D eigenvalue weighted by Gasteiger charge is -2.36. The highest BCUT2D eigenvalue weighted by atomic mass is 35.5. The Labute approximate surface area is 155 Å². The maximum atomic E-state index is 5.98. The van der Waals surface area contributed by atoms with Crippen LogP contribution in [0.5, 0.6) is 0 Å². The Bertz CT molecular complexity index is 839. The Morgan fingerprint density at radius 1 is 1.00 bits per heavy atom. The van der Waals surface area contributed by atoms with Crippen molar-refractivity contribution in [1.82, 2.24) is 4.98 Å². The first-order valence-corrected chi connectivity index (χ1v) is 10.3. The van der Waals surface area contributed by atoms with E-state index in [9.17, 15) is 0 Å². The van der Waals surface area contributed by atoms with Gasteiger partial charge in [0.05, 0.1) is 10.2 Å². The first-order valence-electron chi connectivity index (χ1n) is 7.93.